The Labute approximate surface area is 82.0 Å². The Morgan fingerprint density at radius 2 is 2.18 bits per heavy atom. The van der Waals surface area contributed by atoms with E-state index in [1.54, 1.807) is 3.22 Å². The van der Waals surface area contributed by atoms with Crippen molar-refractivity contribution in [3.05, 3.63) is 0 Å². The molecule has 11 heavy (non-hydrogen) atoms. The quantitative estimate of drug-likeness (QED) is 0.358. The summed E-state index contributed by atoms with van der Waals surface area (Å²) in [6.07, 6.45) is 3.57. The summed E-state index contributed by atoms with van der Waals surface area (Å²) in [4.78, 5) is 10.5. The first kappa shape index (κ1) is 11.2. The Kier molecular flexibility index (Phi) is 6.94. The number of unbranched alkanes of at least 4 members (excludes halogenated alkanes) is 2. The van der Waals surface area contributed by atoms with Crippen molar-refractivity contribution >= 4 is 28.8 Å². The maximum Gasteiger partial charge on any atom is 0.231 e. The maximum absolute atomic E-state index is 10.5. The fraction of sp³-hybridized carbons (Fsp3) is 0.857. The van der Waals surface area contributed by atoms with Crippen molar-refractivity contribution < 1.29 is 4.79 Å². The molecule has 0 aromatic heterocycles. The highest BCUT2D eigenvalue weighted by Gasteiger charge is 1.99. The SMILES string of the molecule is CCCCCN(I)NC(C)=O. The molecule has 0 aliphatic carbocycles. The van der Waals surface area contributed by atoms with Crippen LogP contribution in [0, 0.1) is 0 Å². The Bertz CT molecular complexity index is 119. The summed E-state index contributed by atoms with van der Waals surface area (Å²) in [5, 5.41) is 0. The molecule has 0 heterocycles. The van der Waals surface area contributed by atoms with Gasteiger partial charge in [-0.2, -0.15) is 3.22 Å². The number of hydrazine groups is 1. The van der Waals surface area contributed by atoms with Gasteiger partial charge in [-0.3, -0.25) is 10.2 Å². The smallest absolute Gasteiger partial charge is 0.231 e. The lowest BCUT2D eigenvalue weighted by atomic mass is 10.2. The maximum atomic E-state index is 10.5. The summed E-state index contributed by atoms with van der Waals surface area (Å²) in [7, 11) is 0. The molecule has 0 aromatic rings. The third-order valence-corrected chi connectivity index (χ3v) is 1.96. The molecule has 0 aliphatic heterocycles. The van der Waals surface area contributed by atoms with Crippen LogP contribution in [0.25, 0.3) is 0 Å². The minimum atomic E-state index is -0.00380. The lowest BCUT2D eigenvalue weighted by Gasteiger charge is -2.13. The molecule has 0 bridgehead atoms. The lowest BCUT2D eigenvalue weighted by molar-refractivity contribution is -0.121. The second-order valence-electron chi connectivity index (χ2n) is 2.46. The van der Waals surface area contributed by atoms with Crippen molar-refractivity contribution in [1.29, 1.82) is 0 Å². The average molecular weight is 270 g/mol. The van der Waals surface area contributed by atoms with Gasteiger partial charge in [0, 0.05) is 36.3 Å². The van der Waals surface area contributed by atoms with E-state index in [9.17, 15) is 4.79 Å². The Balaban J connectivity index is 3.22. The van der Waals surface area contributed by atoms with Gasteiger partial charge in [-0.1, -0.05) is 19.8 Å². The zero-order chi connectivity index (χ0) is 8.69. The van der Waals surface area contributed by atoms with Crippen LogP contribution < -0.4 is 5.43 Å². The molecular weight excluding hydrogens is 255 g/mol. The summed E-state index contributed by atoms with van der Waals surface area (Å²) >= 11 is 2.10. The van der Waals surface area contributed by atoms with Crippen LogP contribution in [0.2, 0.25) is 0 Å². The fourth-order valence-corrected chi connectivity index (χ4v) is 1.41. The highest BCUT2D eigenvalue weighted by atomic mass is 127. The van der Waals surface area contributed by atoms with Gasteiger partial charge in [0.2, 0.25) is 5.91 Å². The van der Waals surface area contributed by atoms with Gasteiger partial charge < -0.3 is 0 Å². The molecule has 0 saturated heterocycles. The average Bonchev–Trinajstić information content (AvgIpc) is 1.86. The van der Waals surface area contributed by atoms with Gasteiger partial charge >= 0.3 is 0 Å². The van der Waals surface area contributed by atoms with Crippen LogP contribution in [0.1, 0.15) is 33.1 Å². The number of rotatable bonds is 5. The van der Waals surface area contributed by atoms with E-state index in [2.05, 4.69) is 35.2 Å². The first-order valence-corrected chi connectivity index (χ1v) is 4.83. The van der Waals surface area contributed by atoms with Gasteiger partial charge in [0.1, 0.15) is 0 Å². The lowest BCUT2D eigenvalue weighted by Crippen LogP contribution is -2.33. The molecule has 1 amide bonds. The van der Waals surface area contributed by atoms with Crippen LogP contribution in [0.4, 0.5) is 0 Å². The monoisotopic (exact) mass is 270 g/mol. The van der Waals surface area contributed by atoms with Gasteiger partial charge in [0.25, 0.3) is 0 Å². The van der Waals surface area contributed by atoms with Crippen molar-refractivity contribution in [3.63, 3.8) is 0 Å². The van der Waals surface area contributed by atoms with Gasteiger partial charge in [-0.15, -0.1) is 0 Å². The number of carbonyl (C=O) groups excluding carboxylic acids is 1. The number of hydrogen-bond donors (Lipinski definition) is 1. The molecule has 3 nitrogen and oxygen atoms in total. The predicted octanol–water partition coefficient (Wildman–Crippen LogP) is 1.88. The van der Waals surface area contributed by atoms with Crippen molar-refractivity contribution in [2.24, 2.45) is 0 Å². The number of nitrogens with zero attached hydrogens (tertiary/aromatic N) is 1. The first-order valence-electron chi connectivity index (χ1n) is 3.87. The fourth-order valence-electron chi connectivity index (χ4n) is 0.727. The molecule has 0 unspecified atom stereocenters. The molecule has 0 atom stereocenters. The largest absolute Gasteiger partial charge is 0.280 e. The summed E-state index contributed by atoms with van der Waals surface area (Å²) in [5.74, 6) is -0.00380. The standard InChI is InChI=1S/C7H15IN2O/c1-3-4-5-6-10(8)9-7(2)11/h3-6H2,1-2H3,(H,9,11). The van der Waals surface area contributed by atoms with Gasteiger partial charge in [0.15, 0.2) is 0 Å². The van der Waals surface area contributed by atoms with Gasteiger partial charge in [-0.05, 0) is 6.42 Å². The van der Waals surface area contributed by atoms with E-state index in [1.807, 2.05) is 0 Å². The number of carbonyl (C=O) groups is 1. The van der Waals surface area contributed by atoms with Crippen molar-refractivity contribution in [3.8, 4) is 0 Å². The molecule has 0 fully saturated rings. The predicted molar refractivity (Wildman–Crippen MR) is 54.1 cm³/mol. The van der Waals surface area contributed by atoms with E-state index in [4.69, 9.17) is 0 Å². The number of amides is 1. The highest BCUT2D eigenvalue weighted by Crippen LogP contribution is 1.99. The minimum absolute atomic E-state index is 0.00380. The zero-order valence-corrected chi connectivity index (χ0v) is 9.22. The van der Waals surface area contributed by atoms with E-state index >= 15 is 0 Å². The Morgan fingerprint density at radius 3 is 2.64 bits per heavy atom. The molecule has 0 aromatic carbocycles. The highest BCUT2D eigenvalue weighted by molar-refractivity contribution is 14.1. The molecule has 0 aliphatic rings. The molecule has 0 rings (SSSR count). The van der Waals surface area contributed by atoms with E-state index in [0.717, 1.165) is 13.0 Å². The van der Waals surface area contributed by atoms with E-state index in [1.165, 1.54) is 19.8 Å². The molecule has 0 spiro atoms. The summed E-state index contributed by atoms with van der Waals surface area (Å²) in [5.41, 5.74) is 2.68. The van der Waals surface area contributed by atoms with Crippen LogP contribution in [-0.2, 0) is 4.79 Å². The van der Waals surface area contributed by atoms with E-state index in [0.29, 0.717) is 0 Å². The molecule has 66 valence electrons. The molecule has 0 saturated carbocycles. The van der Waals surface area contributed by atoms with Gasteiger partial charge in [-0.25, -0.2) is 0 Å². The van der Waals surface area contributed by atoms with Crippen molar-refractivity contribution in [2.75, 3.05) is 6.54 Å². The van der Waals surface area contributed by atoms with Crippen LogP contribution in [-0.4, -0.2) is 15.7 Å². The third kappa shape index (κ3) is 8.06. The van der Waals surface area contributed by atoms with E-state index < -0.39 is 0 Å². The van der Waals surface area contributed by atoms with Crippen molar-refractivity contribution in [1.82, 2.24) is 8.65 Å². The van der Waals surface area contributed by atoms with Crippen LogP contribution in [0.15, 0.2) is 0 Å². The topological polar surface area (TPSA) is 32.3 Å². The first-order chi connectivity index (χ1) is 5.16. The van der Waals surface area contributed by atoms with Crippen molar-refractivity contribution in [2.45, 2.75) is 33.1 Å². The Morgan fingerprint density at radius 1 is 1.55 bits per heavy atom. The molecular formula is C7H15IN2O. The second-order valence-corrected chi connectivity index (χ2v) is 3.63. The third-order valence-electron chi connectivity index (χ3n) is 1.24. The van der Waals surface area contributed by atoms with Crippen LogP contribution in [0.5, 0.6) is 0 Å². The molecule has 4 heteroatoms. The molecule has 1 N–H and O–H groups in total. The van der Waals surface area contributed by atoms with E-state index in [-0.39, 0.29) is 5.91 Å². The number of nitrogens with one attached hydrogen (secondary N) is 1. The normalized spacial score (nSPS) is 10.2. The van der Waals surface area contributed by atoms with Crippen LogP contribution in [0.3, 0.4) is 0 Å². The second kappa shape index (κ2) is 6.84. The number of halogens is 1. The Hall–Kier alpha value is 0.160. The minimum Gasteiger partial charge on any atom is -0.280 e. The summed E-state index contributed by atoms with van der Waals surface area (Å²) < 4.78 is 1.80. The summed E-state index contributed by atoms with van der Waals surface area (Å²) in [6, 6.07) is 0. The van der Waals surface area contributed by atoms with Crippen LogP contribution >= 0.6 is 22.9 Å². The summed E-state index contributed by atoms with van der Waals surface area (Å²) in [6.45, 7) is 4.61. The van der Waals surface area contributed by atoms with Gasteiger partial charge in [0.05, 0.1) is 0 Å². The zero-order valence-electron chi connectivity index (χ0n) is 7.06. The molecule has 0 radical (unpaired) electrons. The number of hydrogen-bond acceptors (Lipinski definition) is 2.